The van der Waals surface area contributed by atoms with E-state index in [-0.39, 0.29) is 18.2 Å². The Morgan fingerprint density at radius 1 is 1.71 bits per heavy atom. The van der Waals surface area contributed by atoms with Gasteiger partial charge in [-0.2, -0.15) is 0 Å². The van der Waals surface area contributed by atoms with Crippen LogP contribution in [-0.2, 0) is 11.3 Å². The van der Waals surface area contributed by atoms with Crippen LogP contribution in [0.2, 0.25) is 0 Å². The van der Waals surface area contributed by atoms with Gasteiger partial charge in [0.2, 0.25) is 0 Å². The summed E-state index contributed by atoms with van der Waals surface area (Å²) in [5.74, 6) is -0.405. The number of esters is 1. The highest BCUT2D eigenvalue weighted by molar-refractivity contribution is 5.86. The number of aromatic nitrogens is 2. The van der Waals surface area contributed by atoms with Crippen molar-refractivity contribution in [2.75, 3.05) is 6.61 Å². The van der Waals surface area contributed by atoms with E-state index in [4.69, 9.17) is 4.74 Å². The first kappa shape index (κ1) is 11.6. The minimum atomic E-state index is -0.610. The van der Waals surface area contributed by atoms with Crippen LogP contribution in [0.5, 0.6) is 0 Å². The lowest BCUT2D eigenvalue weighted by molar-refractivity contribution is -0.389. The summed E-state index contributed by atoms with van der Waals surface area (Å²) >= 11 is 0. The molecule has 0 saturated heterocycles. The number of carbonyl (C=O) groups excluding carboxylic acids is 1. The van der Waals surface area contributed by atoms with Crippen LogP contribution >= 0.6 is 0 Å². The molecule has 17 heavy (non-hydrogen) atoms. The lowest BCUT2D eigenvalue weighted by atomic mass is 10.4. The molecule has 1 aliphatic rings. The highest BCUT2D eigenvalue weighted by Crippen LogP contribution is 2.31. The third-order valence-electron chi connectivity index (χ3n) is 2.56. The van der Waals surface area contributed by atoms with Gasteiger partial charge in [0.05, 0.1) is 6.61 Å². The van der Waals surface area contributed by atoms with Gasteiger partial charge in [0.25, 0.3) is 0 Å². The van der Waals surface area contributed by atoms with Gasteiger partial charge < -0.3 is 14.9 Å². The molecular formula is C10H13N3O4. The molecule has 1 heterocycles. The van der Waals surface area contributed by atoms with Gasteiger partial charge in [0.15, 0.2) is 0 Å². The number of nitrogens with zero attached hydrogens (tertiary/aromatic N) is 3. The zero-order valence-electron chi connectivity index (χ0n) is 9.46. The van der Waals surface area contributed by atoms with Gasteiger partial charge in [-0.05, 0) is 35.6 Å². The van der Waals surface area contributed by atoms with Crippen LogP contribution in [0, 0.1) is 16.0 Å². The highest BCUT2D eigenvalue weighted by atomic mass is 16.6. The van der Waals surface area contributed by atoms with Crippen molar-refractivity contribution in [1.29, 1.82) is 0 Å². The molecule has 0 spiro atoms. The fourth-order valence-corrected chi connectivity index (χ4v) is 1.57. The van der Waals surface area contributed by atoms with Crippen molar-refractivity contribution < 1.29 is 14.5 Å². The number of carbonyl (C=O) groups is 1. The van der Waals surface area contributed by atoms with E-state index in [9.17, 15) is 14.9 Å². The van der Waals surface area contributed by atoms with E-state index < -0.39 is 10.9 Å². The predicted molar refractivity (Wildman–Crippen MR) is 57.6 cm³/mol. The Morgan fingerprint density at radius 2 is 2.41 bits per heavy atom. The van der Waals surface area contributed by atoms with Crippen molar-refractivity contribution in [3.8, 4) is 0 Å². The maximum atomic E-state index is 11.6. The first-order valence-corrected chi connectivity index (χ1v) is 5.50. The van der Waals surface area contributed by atoms with Gasteiger partial charge in [-0.15, -0.1) is 0 Å². The molecule has 92 valence electrons. The Labute approximate surface area is 97.5 Å². The SMILES string of the molecule is CCOC(=O)c1nc([N+](=O)[O-])cn1CC1CC1. The average Bonchev–Trinajstić information content (AvgIpc) is 2.95. The Bertz CT molecular complexity index is 450. The van der Waals surface area contributed by atoms with E-state index in [1.54, 1.807) is 6.92 Å². The van der Waals surface area contributed by atoms with Crippen LogP contribution in [0.15, 0.2) is 6.20 Å². The van der Waals surface area contributed by atoms with E-state index in [1.807, 2.05) is 0 Å². The fourth-order valence-electron chi connectivity index (χ4n) is 1.57. The van der Waals surface area contributed by atoms with Gasteiger partial charge >= 0.3 is 17.6 Å². The third-order valence-corrected chi connectivity index (χ3v) is 2.56. The summed E-state index contributed by atoms with van der Waals surface area (Å²) in [4.78, 5) is 25.3. The normalized spacial score (nSPS) is 14.6. The lowest BCUT2D eigenvalue weighted by Gasteiger charge is -2.01. The van der Waals surface area contributed by atoms with E-state index >= 15 is 0 Å². The molecule has 1 aliphatic carbocycles. The van der Waals surface area contributed by atoms with E-state index in [2.05, 4.69) is 4.98 Å². The molecule has 1 aromatic heterocycles. The Balaban J connectivity index is 2.25. The number of imidazole rings is 1. The highest BCUT2D eigenvalue weighted by Gasteiger charge is 2.30. The summed E-state index contributed by atoms with van der Waals surface area (Å²) < 4.78 is 6.34. The van der Waals surface area contributed by atoms with Gasteiger partial charge in [0.1, 0.15) is 6.20 Å². The second-order valence-corrected chi connectivity index (χ2v) is 4.00. The van der Waals surface area contributed by atoms with Gasteiger partial charge in [-0.25, -0.2) is 4.79 Å². The molecule has 1 fully saturated rings. The average molecular weight is 239 g/mol. The van der Waals surface area contributed by atoms with Crippen LogP contribution in [0.25, 0.3) is 0 Å². The maximum absolute atomic E-state index is 11.6. The molecule has 1 aromatic rings. The molecular weight excluding hydrogens is 226 g/mol. The maximum Gasteiger partial charge on any atom is 0.401 e. The summed E-state index contributed by atoms with van der Waals surface area (Å²) in [5, 5.41) is 10.6. The summed E-state index contributed by atoms with van der Waals surface area (Å²) in [6, 6.07) is 0. The second-order valence-electron chi connectivity index (χ2n) is 4.00. The first-order valence-electron chi connectivity index (χ1n) is 5.50. The Hall–Kier alpha value is -1.92. The lowest BCUT2D eigenvalue weighted by Crippen LogP contribution is -2.13. The standard InChI is InChI=1S/C10H13N3O4/c1-2-17-10(14)9-11-8(13(15)16)6-12(9)5-7-3-4-7/h6-7H,2-5H2,1H3. The van der Waals surface area contributed by atoms with Crippen molar-refractivity contribution in [1.82, 2.24) is 9.55 Å². The van der Waals surface area contributed by atoms with E-state index in [0.717, 1.165) is 12.8 Å². The van der Waals surface area contributed by atoms with Gasteiger partial charge in [-0.1, -0.05) is 0 Å². The first-order chi connectivity index (χ1) is 8.11. The largest absolute Gasteiger partial charge is 0.458 e. The molecule has 0 atom stereocenters. The molecule has 0 aliphatic heterocycles. The Morgan fingerprint density at radius 3 is 2.94 bits per heavy atom. The quantitative estimate of drug-likeness (QED) is 0.440. The number of hydrogen-bond donors (Lipinski definition) is 0. The molecule has 0 unspecified atom stereocenters. The monoisotopic (exact) mass is 239 g/mol. The topological polar surface area (TPSA) is 87.3 Å². The minimum Gasteiger partial charge on any atom is -0.458 e. The molecule has 0 radical (unpaired) electrons. The van der Waals surface area contributed by atoms with Gasteiger partial charge in [-0.3, -0.25) is 4.57 Å². The zero-order chi connectivity index (χ0) is 12.4. The second kappa shape index (κ2) is 4.52. The third kappa shape index (κ3) is 2.61. The van der Waals surface area contributed by atoms with Crippen molar-refractivity contribution in [2.45, 2.75) is 26.3 Å². The summed E-state index contributed by atoms with van der Waals surface area (Å²) in [6.07, 6.45) is 3.48. The van der Waals surface area contributed by atoms with Crippen molar-refractivity contribution >= 4 is 11.8 Å². The van der Waals surface area contributed by atoms with Crippen LogP contribution in [-0.4, -0.2) is 27.1 Å². The molecule has 0 aromatic carbocycles. The fraction of sp³-hybridized carbons (Fsp3) is 0.600. The Kier molecular flexibility index (Phi) is 3.08. The molecule has 0 amide bonds. The molecule has 2 rings (SSSR count). The molecule has 1 saturated carbocycles. The van der Waals surface area contributed by atoms with Crippen LogP contribution in [0.4, 0.5) is 5.82 Å². The van der Waals surface area contributed by atoms with Crippen molar-refractivity contribution in [2.24, 2.45) is 5.92 Å². The van der Waals surface area contributed by atoms with Crippen LogP contribution in [0.3, 0.4) is 0 Å². The number of ether oxygens (including phenoxy) is 1. The zero-order valence-corrected chi connectivity index (χ0v) is 9.46. The number of nitro groups is 1. The number of hydrogen-bond acceptors (Lipinski definition) is 5. The minimum absolute atomic E-state index is 0.0189. The predicted octanol–water partition coefficient (Wildman–Crippen LogP) is 1.38. The molecule has 7 heteroatoms. The summed E-state index contributed by atoms with van der Waals surface area (Å²) in [5.41, 5.74) is 0. The summed E-state index contributed by atoms with van der Waals surface area (Å²) in [6.45, 7) is 2.50. The van der Waals surface area contributed by atoms with Crippen molar-refractivity contribution in [3.05, 3.63) is 22.1 Å². The van der Waals surface area contributed by atoms with Crippen LogP contribution in [0.1, 0.15) is 30.4 Å². The smallest absolute Gasteiger partial charge is 0.401 e. The summed E-state index contributed by atoms with van der Waals surface area (Å²) in [7, 11) is 0. The van der Waals surface area contributed by atoms with Crippen LogP contribution < -0.4 is 0 Å². The molecule has 7 nitrogen and oxygen atoms in total. The van der Waals surface area contributed by atoms with E-state index in [0.29, 0.717) is 12.5 Å². The van der Waals surface area contributed by atoms with Gasteiger partial charge in [0, 0.05) is 6.54 Å². The molecule has 0 N–H and O–H groups in total. The van der Waals surface area contributed by atoms with Crippen molar-refractivity contribution in [3.63, 3.8) is 0 Å². The number of rotatable bonds is 5. The van der Waals surface area contributed by atoms with E-state index in [1.165, 1.54) is 10.8 Å². The molecule has 0 bridgehead atoms.